The van der Waals surface area contributed by atoms with Gasteiger partial charge in [-0.15, -0.1) is 0 Å². The first-order chi connectivity index (χ1) is 14.4. The van der Waals surface area contributed by atoms with Gasteiger partial charge in [-0.3, -0.25) is 4.79 Å². The van der Waals surface area contributed by atoms with Crippen LogP contribution in [0.4, 0.5) is 0 Å². The lowest BCUT2D eigenvalue weighted by Gasteiger charge is -2.16. The number of hydrogen-bond donors (Lipinski definition) is 2. The van der Waals surface area contributed by atoms with Crippen LogP contribution in [0.5, 0.6) is 11.6 Å². The Balaban J connectivity index is 1.82. The van der Waals surface area contributed by atoms with E-state index in [2.05, 4.69) is 10.3 Å². The molecule has 1 unspecified atom stereocenters. The van der Waals surface area contributed by atoms with E-state index in [1.165, 1.54) is 30.5 Å². The molecule has 0 saturated heterocycles. The number of halogens is 1. The number of rotatable bonds is 6. The molecule has 8 heteroatoms. The summed E-state index contributed by atoms with van der Waals surface area (Å²) in [5, 5.41) is 21.1. The van der Waals surface area contributed by atoms with Crippen LogP contribution in [0.25, 0.3) is 0 Å². The van der Waals surface area contributed by atoms with Crippen LogP contribution in [-0.4, -0.2) is 22.0 Å². The van der Waals surface area contributed by atoms with E-state index in [-0.39, 0.29) is 22.0 Å². The summed E-state index contributed by atoms with van der Waals surface area (Å²) in [7, 11) is 0. The summed E-state index contributed by atoms with van der Waals surface area (Å²) in [5.74, 6) is -1.09. The van der Waals surface area contributed by atoms with E-state index < -0.39 is 17.9 Å². The molecule has 7 nitrogen and oxygen atoms in total. The fourth-order valence-corrected chi connectivity index (χ4v) is 2.84. The third-order valence-corrected chi connectivity index (χ3v) is 4.45. The number of pyridine rings is 1. The van der Waals surface area contributed by atoms with E-state index in [0.717, 1.165) is 5.56 Å². The molecule has 3 aromatic rings. The molecular formula is C22H16ClN3O4. The highest BCUT2D eigenvalue weighted by molar-refractivity contribution is 6.30. The molecule has 0 fully saturated rings. The van der Waals surface area contributed by atoms with Crippen molar-refractivity contribution in [3.63, 3.8) is 0 Å². The van der Waals surface area contributed by atoms with Crippen LogP contribution in [0, 0.1) is 11.3 Å². The average molecular weight is 422 g/mol. The van der Waals surface area contributed by atoms with Crippen molar-refractivity contribution in [2.24, 2.45) is 0 Å². The van der Waals surface area contributed by atoms with Crippen LogP contribution in [0.1, 0.15) is 44.8 Å². The Morgan fingerprint density at radius 1 is 1.20 bits per heavy atom. The number of nitrogens with one attached hydrogen (secondary N) is 1. The summed E-state index contributed by atoms with van der Waals surface area (Å²) >= 11 is 6.02. The predicted octanol–water partition coefficient (Wildman–Crippen LogP) is 4.59. The van der Waals surface area contributed by atoms with Gasteiger partial charge in [0.2, 0.25) is 5.88 Å². The van der Waals surface area contributed by atoms with Gasteiger partial charge >= 0.3 is 5.97 Å². The van der Waals surface area contributed by atoms with Crippen molar-refractivity contribution in [3.8, 4) is 17.7 Å². The maximum Gasteiger partial charge on any atom is 0.335 e. The molecule has 1 amide bonds. The third kappa shape index (κ3) is 4.93. The molecule has 3 rings (SSSR count). The lowest BCUT2D eigenvalue weighted by Crippen LogP contribution is -2.27. The Kier molecular flexibility index (Phi) is 6.30. The number of nitriles is 1. The first-order valence-corrected chi connectivity index (χ1v) is 9.23. The van der Waals surface area contributed by atoms with Crippen LogP contribution in [-0.2, 0) is 0 Å². The molecule has 0 spiro atoms. The molecular weight excluding hydrogens is 406 g/mol. The first kappa shape index (κ1) is 20.8. The molecule has 1 aromatic heterocycles. The number of aromatic nitrogens is 1. The van der Waals surface area contributed by atoms with Crippen molar-refractivity contribution >= 4 is 23.5 Å². The minimum atomic E-state index is -1.02. The second kappa shape index (κ2) is 9.07. The van der Waals surface area contributed by atoms with Gasteiger partial charge in [-0.1, -0.05) is 29.8 Å². The summed E-state index contributed by atoms with van der Waals surface area (Å²) in [6.45, 7) is 1.77. The lowest BCUT2D eigenvalue weighted by atomic mass is 10.1. The van der Waals surface area contributed by atoms with E-state index in [1.54, 1.807) is 37.3 Å². The molecule has 2 aromatic carbocycles. The molecule has 1 atom stereocenters. The molecule has 0 bridgehead atoms. The molecule has 2 N–H and O–H groups in total. The number of carboxylic acid groups (broad SMARTS) is 1. The fraction of sp³-hybridized carbons (Fsp3) is 0.0909. The first-order valence-electron chi connectivity index (χ1n) is 8.85. The molecule has 0 radical (unpaired) electrons. The van der Waals surface area contributed by atoms with E-state index in [0.29, 0.717) is 11.3 Å². The van der Waals surface area contributed by atoms with Gasteiger partial charge in [0.05, 0.1) is 28.3 Å². The summed E-state index contributed by atoms with van der Waals surface area (Å²) < 4.78 is 5.71. The lowest BCUT2D eigenvalue weighted by molar-refractivity contribution is 0.0696. The van der Waals surface area contributed by atoms with Crippen molar-refractivity contribution in [2.75, 3.05) is 0 Å². The van der Waals surface area contributed by atoms with Crippen LogP contribution in [0.2, 0.25) is 5.02 Å². The number of hydrogen-bond acceptors (Lipinski definition) is 5. The number of benzene rings is 2. The van der Waals surface area contributed by atoms with Crippen molar-refractivity contribution < 1.29 is 19.4 Å². The van der Waals surface area contributed by atoms with E-state index in [4.69, 9.17) is 26.7 Å². The van der Waals surface area contributed by atoms with Gasteiger partial charge < -0.3 is 15.2 Å². The zero-order valence-electron chi connectivity index (χ0n) is 15.8. The maximum atomic E-state index is 12.9. The number of ether oxygens (including phenoxy) is 1. The standard InChI is InChI=1S/C22H16ClN3O4/c1-13(15-5-7-16(8-6-15)22(28)29)26-20(27)19-10-17(23)12-25-21(19)30-18-4-2-3-14(9-18)11-24/h2-10,12-13H,1H3,(H,26,27)(H,28,29). The molecule has 30 heavy (non-hydrogen) atoms. The molecule has 0 aliphatic rings. The Labute approximate surface area is 177 Å². The summed E-state index contributed by atoms with van der Waals surface area (Å²) in [6, 6.07) is 15.7. The normalized spacial score (nSPS) is 11.2. The fourth-order valence-electron chi connectivity index (χ4n) is 2.68. The van der Waals surface area contributed by atoms with Gasteiger partial charge in [-0.2, -0.15) is 5.26 Å². The second-order valence-corrected chi connectivity index (χ2v) is 6.81. The Bertz CT molecular complexity index is 1140. The number of nitrogens with zero attached hydrogens (tertiary/aromatic N) is 2. The molecule has 0 aliphatic carbocycles. The Morgan fingerprint density at radius 3 is 2.60 bits per heavy atom. The van der Waals surface area contributed by atoms with E-state index >= 15 is 0 Å². The molecule has 150 valence electrons. The highest BCUT2D eigenvalue weighted by Crippen LogP contribution is 2.26. The number of amides is 1. The minimum Gasteiger partial charge on any atom is -0.478 e. The predicted molar refractivity (Wildman–Crippen MR) is 110 cm³/mol. The highest BCUT2D eigenvalue weighted by Gasteiger charge is 2.19. The van der Waals surface area contributed by atoms with Gasteiger partial charge in [-0.25, -0.2) is 9.78 Å². The van der Waals surface area contributed by atoms with Gasteiger partial charge in [0.25, 0.3) is 5.91 Å². The number of carboxylic acids is 1. The topological polar surface area (TPSA) is 112 Å². The zero-order valence-corrected chi connectivity index (χ0v) is 16.6. The number of carbonyl (C=O) groups is 2. The molecule has 1 heterocycles. The SMILES string of the molecule is CC(NC(=O)c1cc(Cl)cnc1Oc1cccc(C#N)c1)c1ccc(C(=O)O)cc1. The molecule has 0 aliphatic heterocycles. The Hall–Kier alpha value is -3.89. The summed E-state index contributed by atoms with van der Waals surface area (Å²) in [6.07, 6.45) is 1.36. The van der Waals surface area contributed by atoms with E-state index in [1.807, 2.05) is 6.07 Å². The highest BCUT2D eigenvalue weighted by atomic mass is 35.5. The van der Waals surface area contributed by atoms with Gasteiger partial charge in [0, 0.05) is 6.20 Å². The summed E-state index contributed by atoms with van der Waals surface area (Å²) in [5.41, 5.74) is 1.42. The monoisotopic (exact) mass is 421 g/mol. The maximum absolute atomic E-state index is 12.9. The third-order valence-electron chi connectivity index (χ3n) is 4.25. The van der Waals surface area contributed by atoms with Gasteiger partial charge in [-0.05, 0) is 48.9 Å². The van der Waals surface area contributed by atoms with Crippen molar-refractivity contribution in [1.82, 2.24) is 10.3 Å². The quantitative estimate of drug-likeness (QED) is 0.602. The Morgan fingerprint density at radius 2 is 1.93 bits per heavy atom. The van der Waals surface area contributed by atoms with Crippen LogP contribution in [0.15, 0.2) is 60.8 Å². The van der Waals surface area contributed by atoms with Gasteiger partial charge in [0.1, 0.15) is 11.3 Å². The number of aromatic carboxylic acids is 1. The van der Waals surface area contributed by atoms with E-state index in [9.17, 15) is 9.59 Å². The minimum absolute atomic E-state index is 0.0421. The summed E-state index contributed by atoms with van der Waals surface area (Å²) in [4.78, 5) is 27.9. The van der Waals surface area contributed by atoms with Crippen molar-refractivity contribution in [3.05, 3.63) is 88.1 Å². The van der Waals surface area contributed by atoms with Crippen molar-refractivity contribution in [1.29, 1.82) is 5.26 Å². The van der Waals surface area contributed by atoms with Crippen molar-refractivity contribution in [2.45, 2.75) is 13.0 Å². The van der Waals surface area contributed by atoms with Gasteiger partial charge in [0.15, 0.2) is 0 Å². The number of carbonyl (C=O) groups excluding carboxylic acids is 1. The molecule has 0 saturated carbocycles. The smallest absolute Gasteiger partial charge is 0.335 e. The average Bonchev–Trinajstić information content (AvgIpc) is 2.75. The van der Waals surface area contributed by atoms with Crippen LogP contribution in [0.3, 0.4) is 0 Å². The zero-order chi connectivity index (χ0) is 21.7. The van der Waals surface area contributed by atoms with Crippen LogP contribution >= 0.6 is 11.6 Å². The van der Waals surface area contributed by atoms with Crippen LogP contribution < -0.4 is 10.1 Å². The largest absolute Gasteiger partial charge is 0.478 e. The second-order valence-electron chi connectivity index (χ2n) is 6.37.